The monoisotopic (exact) mass is 336 g/mol. The summed E-state index contributed by atoms with van der Waals surface area (Å²) < 4.78 is 14.7. The van der Waals surface area contributed by atoms with Crippen LogP contribution in [-0.4, -0.2) is 10.2 Å². The molecular weight excluding hydrogens is 335 g/mol. The minimum Gasteiger partial charge on any atom is -0.205 e. The zero-order chi connectivity index (χ0) is 10.1. The Hall–Kier alpha value is -0.330. The lowest BCUT2D eigenvalue weighted by Crippen LogP contribution is -1.84. The number of hydrogen-bond donors (Lipinski definition) is 0. The van der Waals surface area contributed by atoms with E-state index >= 15 is 0 Å². The summed E-state index contributed by atoms with van der Waals surface area (Å²) in [5.74, 6) is -0.309. The Kier molecular flexibility index (Phi) is 2.94. The fourth-order valence-electron chi connectivity index (χ4n) is 0.983. The van der Waals surface area contributed by atoms with Crippen LogP contribution in [0, 0.1) is 5.82 Å². The first kappa shape index (κ1) is 10.2. The van der Waals surface area contributed by atoms with Crippen LogP contribution in [-0.2, 0) is 0 Å². The molecule has 0 atom stereocenters. The lowest BCUT2D eigenvalue weighted by molar-refractivity contribution is 0.624. The Morgan fingerprint density at radius 1 is 1.21 bits per heavy atom. The molecule has 0 N–H and O–H groups in total. The Bertz CT molecular complexity index is 472. The highest BCUT2D eigenvalue weighted by molar-refractivity contribution is 9.11. The van der Waals surface area contributed by atoms with Crippen molar-refractivity contribution < 1.29 is 4.39 Å². The smallest absolute Gasteiger partial charge is 0.183 e. The lowest BCUT2D eigenvalue weighted by atomic mass is 10.2. The second kappa shape index (κ2) is 4.04. The maximum atomic E-state index is 13.6. The maximum Gasteiger partial charge on any atom is 0.183 e. The van der Waals surface area contributed by atoms with Gasteiger partial charge >= 0.3 is 0 Å². The van der Waals surface area contributed by atoms with Gasteiger partial charge in [-0.05, 0) is 44.0 Å². The number of rotatable bonds is 1. The third-order valence-electron chi connectivity index (χ3n) is 1.58. The van der Waals surface area contributed by atoms with Gasteiger partial charge < -0.3 is 0 Å². The number of benzene rings is 1. The largest absolute Gasteiger partial charge is 0.205 e. The lowest BCUT2D eigenvalue weighted by Gasteiger charge is -1.98. The van der Waals surface area contributed by atoms with Crippen LogP contribution in [0.2, 0.25) is 0 Å². The Labute approximate surface area is 100 Å². The molecule has 0 aliphatic carbocycles. The number of aromatic nitrogens is 2. The van der Waals surface area contributed by atoms with Gasteiger partial charge in [-0.1, -0.05) is 17.4 Å². The highest BCUT2D eigenvalue weighted by atomic mass is 79.9. The number of nitrogens with zero attached hydrogens (tertiary/aromatic N) is 2. The van der Waals surface area contributed by atoms with Crippen molar-refractivity contribution in [1.82, 2.24) is 10.2 Å². The summed E-state index contributed by atoms with van der Waals surface area (Å²) in [6.07, 6.45) is 0. The van der Waals surface area contributed by atoms with Gasteiger partial charge in [-0.15, -0.1) is 10.2 Å². The number of halogens is 3. The fraction of sp³-hybridized carbons (Fsp3) is 0. The third kappa shape index (κ3) is 1.87. The van der Waals surface area contributed by atoms with Gasteiger partial charge in [-0.25, -0.2) is 4.39 Å². The standard InChI is InChI=1S/C8H3Br2FN2S/c9-5-3-1-2-4(6(5)11)7-12-13-8(10)14-7/h1-3H. The van der Waals surface area contributed by atoms with Crippen molar-refractivity contribution in [3.63, 3.8) is 0 Å². The van der Waals surface area contributed by atoms with Crippen LogP contribution in [0.15, 0.2) is 26.6 Å². The topological polar surface area (TPSA) is 25.8 Å². The van der Waals surface area contributed by atoms with E-state index in [1.54, 1.807) is 18.2 Å². The van der Waals surface area contributed by atoms with Crippen LogP contribution < -0.4 is 0 Å². The maximum absolute atomic E-state index is 13.6. The second-order valence-corrected chi connectivity index (χ2v) is 5.57. The summed E-state index contributed by atoms with van der Waals surface area (Å²) in [4.78, 5) is 0. The van der Waals surface area contributed by atoms with Crippen LogP contribution in [0.3, 0.4) is 0 Å². The molecule has 1 heterocycles. The van der Waals surface area contributed by atoms with E-state index in [-0.39, 0.29) is 5.82 Å². The molecule has 0 fully saturated rings. The second-order valence-electron chi connectivity index (χ2n) is 2.46. The first-order valence-electron chi connectivity index (χ1n) is 3.62. The molecule has 0 unspecified atom stereocenters. The Morgan fingerprint density at radius 3 is 2.64 bits per heavy atom. The van der Waals surface area contributed by atoms with Gasteiger partial charge in [-0.3, -0.25) is 0 Å². The Morgan fingerprint density at radius 2 is 2.00 bits per heavy atom. The Balaban J connectivity index is 2.57. The summed E-state index contributed by atoms with van der Waals surface area (Å²) >= 11 is 7.60. The molecule has 0 saturated carbocycles. The van der Waals surface area contributed by atoms with Crippen molar-refractivity contribution in [3.8, 4) is 10.6 Å². The van der Waals surface area contributed by atoms with E-state index in [1.807, 2.05) is 0 Å². The SMILES string of the molecule is Fc1c(Br)cccc1-c1nnc(Br)s1. The molecule has 0 amide bonds. The van der Waals surface area contributed by atoms with Gasteiger partial charge in [0, 0.05) is 5.56 Å². The molecule has 0 aliphatic heterocycles. The molecule has 0 radical (unpaired) electrons. The minimum atomic E-state index is -0.309. The van der Waals surface area contributed by atoms with Gasteiger partial charge in [0.2, 0.25) is 0 Å². The summed E-state index contributed by atoms with van der Waals surface area (Å²) in [7, 11) is 0. The van der Waals surface area contributed by atoms with Gasteiger partial charge in [0.05, 0.1) is 4.47 Å². The van der Waals surface area contributed by atoms with E-state index in [4.69, 9.17) is 0 Å². The zero-order valence-electron chi connectivity index (χ0n) is 6.67. The van der Waals surface area contributed by atoms with Crippen molar-refractivity contribution in [3.05, 3.63) is 32.4 Å². The average molecular weight is 338 g/mol. The summed E-state index contributed by atoms with van der Waals surface area (Å²) in [5, 5.41) is 8.18. The van der Waals surface area contributed by atoms with Crippen LogP contribution in [0.25, 0.3) is 10.6 Å². The molecule has 1 aromatic carbocycles. The molecule has 72 valence electrons. The molecular formula is C8H3Br2FN2S. The summed E-state index contributed by atoms with van der Waals surface area (Å²) in [5.41, 5.74) is 0.461. The molecule has 0 saturated heterocycles. The van der Waals surface area contributed by atoms with Crippen molar-refractivity contribution in [2.24, 2.45) is 0 Å². The van der Waals surface area contributed by atoms with E-state index in [1.165, 1.54) is 11.3 Å². The van der Waals surface area contributed by atoms with E-state index in [0.717, 1.165) is 0 Å². The first-order valence-corrected chi connectivity index (χ1v) is 6.02. The van der Waals surface area contributed by atoms with Crippen molar-refractivity contribution in [2.45, 2.75) is 0 Å². The summed E-state index contributed by atoms with van der Waals surface area (Å²) in [6, 6.07) is 5.08. The van der Waals surface area contributed by atoms with Crippen molar-refractivity contribution >= 4 is 43.2 Å². The fourth-order valence-corrected chi connectivity index (χ4v) is 2.48. The highest BCUT2D eigenvalue weighted by Crippen LogP contribution is 2.31. The van der Waals surface area contributed by atoms with Gasteiger partial charge in [-0.2, -0.15) is 0 Å². The van der Waals surface area contributed by atoms with E-state index in [2.05, 4.69) is 42.1 Å². The summed E-state index contributed by atoms with van der Waals surface area (Å²) in [6.45, 7) is 0. The number of hydrogen-bond acceptors (Lipinski definition) is 3. The highest BCUT2D eigenvalue weighted by Gasteiger charge is 2.11. The van der Waals surface area contributed by atoms with Gasteiger partial charge in [0.1, 0.15) is 5.82 Å². The minimum absolute atomic E-state index is 0.309. The van der Waals surface area contributed by atoms with Crippen LogP contribution in [0.1, 0.15) is 0 Å². The molecule has 1 aromatic heterocycles. The zero-order valence-corrected chi connectivity index (χ0v) is 10.7. The molecule has 0 aliphatic rings. The van der Waals surface area contributed by atoms with E-state index in [0.29, 0.717) is 19.0 Å². The van der Waals surface area contributed by atoms with Crippen LogP contribution in [0.4, 0.5) is 4.39 Å². The molecule has 2 aromatic rings. The predicted molar refractivity (Wildman–Crippen MR) is 60.7 cm³/mol. The van der Waals surface area contributed by atoms with Crippen LogP contribution >= 0.6 is 43.2 Å². The average Bonchev–Trinajstić information content (AvgIpc) is 2.57. The normalized spacial score (nSPS) is 10.5. The molecule has 2 rings (SSSR count). The van der Waals surface area contributed by atoms with Crippen LogP contribution in [0.5, 0.6) is 0 Å². The van der Waals surface area contributed by atoms with E-state index < -0.39 is 0 Å². The van der Waals surface area contributed by atoms with E-state index in [9.17, 15) is 4.39 Å². The molecule has 14 heavy (non-hydrogen) atoms. The quantitative estimate of drug-likeness (QED) is 0.789. The molecule has 2 nitrogen and oxygen atoms in total. The van der Waals surface area contributed by atoms with Gasteiger partial charge in [0.15, 0.2) is 8.92 Å². The van der Waals surface area contributed by atoms with Crippen molar-refractivity contribution in [1.29, 1.82) is 0 Å². The van der Waals surface area contributed by atoms with Gasteiger partial charge in [0.25, 0.3) is 0 Å². The predicted octanol–water partition coefficient (Wildman–Crippen LogP) is 3.87. The molecule has 0 bridgehead atoms. The molecule has 0 spiro atoms. The first-order chi connectivity index (χ1) is 6.68. The molecule has 6 heteroatoms. The third-order valence-corrected chi connectivity index (χ3v) is 3.58. The van der Waals surface area contributed by atoms with Crippen molar-refractivity contribution in [2.75, 3.05) is 0 Å².